The molecule has 4 aliphatic carbocycles. The number of hydrogen-bond donors (Lipinski definition) is 2. The maximum Gasteiger partial charge on any atom is 0.311 e. The van der Waals surface area contributed by atoms with Crippen LogP contribution >= 0.6 is 0 Å². The largest absolute Gasteiger partial charge is 0.469 e. The lowest BCUT2D eigenvalue weighted by atomic mass is 9.72. The Morgan fingerprint density at radius 2 is 1.19 bits per heavy atom. The molecule has 6 heteroatoms. The molecule has 0 aliphatic heterocycles. The third-order valence-corrected chi connectivity index (χ3v) is 8.14. The molecule has 0 amide bonds. The standard InChI is InChI=1S/2C13H20O3/c2*1-3-8-7-9-5-4-6-10(9)11(12(8)14)13(15)16-2/h2*7-8,10-12,14H,3-6H2,1-2H3/t2*8-,10+,11-,12-/m10/s1. The molecule has 4 rings (SSSR count). The zero-order valence-electron chi connectivity index (χ0n) is 20.0. The highest BCUT2D eigenvalue weighted by atomic mass is 16.5. The van der Waals surface area contributed by atoms with Crippen molar-refractivity contribution in [1.29, 1.82) is 0 Å². The van der Waals surface area contributed by atoms with Gasteiger partial charge in [-0.15, -0.1) is 0 Å². The molecule has 0 aromatic heterocycles. The van der Waals surface area contributed by atoms with Gasteiger partial charge in [-0.1, -0.05) is 37.1 Å². The molecule has 32 heavy (non-hydrogen) atoms. The van der Waals surface area contributed by atoms with Crippen LogP contribution in [0.4, 0.5) is 0 Å². The average molecular weight is 449 g/mol. The quantitative estimate of drug-likeness (QED) is 0.502. The van der Waals surface area contributed by atoms with Crippen molar-refractivity contribution in [2.24, 2.45) is 35.5 Å². The van der Waals surface area contributed by atoms with Gasteiger partial charge >= 0.3 is 11.9 Å². The molecule has 0 aromatic carbocycles. The highest BCUT2D eigenvalue weighted by molar-refractivity contribution is 5.75. The predicted molar refractivity (Wildman–Crippen MR) is 121 cm³/mol. The second-order valence-electron chi connectivity index (χ2n) is 9.70. The number of ether oxygens (including phenoxy) is 2. The van der Waals surface area contributed by atoms with Crippen molar-refractivity contribution in [1.82, 2.24) is 0 Å². The fraction of sp³-hybridized carbons (Fsp3) is 0.769. The van der Waals surface area contributed by atoms with Gasteiger partial charge in [-0.2, -0.15) is 0 Å². The first-order valence-electron chi connectivity index (χ1n) is 12.3. The lowest BCUT2D eigenvalue weighted by molar-refractivity contribution is -0.154. The number of aliphatic hydroxyl groups excluding tert-OH is 2. The normalized spacial score (nSPS) is 37.8. The maximum atomic E-state index is 11.8. The molecule has 4 aliphatic rings. The fourth-order valence-corrected chi connectivity index (χ4v) is 6.38. The topological polar surface area (TPSA) is 93.1 Å². The number of methoxy groups -OCH3 is 2. The van der Waals surface area contributed by atoms with Crippen LogP contribution in [0.2, 0.25) is 0 Å². The minimum Gasteiger partial charge on any atom is -0.469 e. The summed E-state index contributed by atoms with van der Waals surface area (Å²) in [5.41, 5.74) is 2.74. The maximum absolute atomic E-state index is 11.8. The van der Waals surface area contributed by atoms with E-state index in [1.165, 1.54) is 25.4 Å². The minimum atomic E-state index is -0.565. The second kappa shape index (κ2) is 11.0. The number of fused-ring (bicyclic) bond motifs is 2. The van der Waals surface area contributed by atoms with Crippen LogP contribution in [0.15, 0.2) is 23.3 Å². The SMILES string of the molecule is CC[C@@H]1C=C2CCC[C@@H]2[C@@H](C(=O)OC)[C@@H]1O.CC[C@H]1C=C2CCC[C@H]2[C@H](C(=O)OC)[C@H]1O. The van der Waals surface area contributed by atoms with E-state index in [-0.39, 0.29) is 47.4 Å². The summed E-state index contributed by atoms with van der Waals surface area (Å²) in [6.07, 6.45) is 11.5. The van der Waals surface area contributed by atoms with Crippen molar-refractivity contribution in [3.63, 3.8) is 0 Å². The Morgan fingerprint density at radius 1 is 0.812 bits per heavy atom. The Labute approximate surface area is 192 Å². The number of carbonyl (C=O) groups excluding carboxylic acids is 2. The zero-order chi connectivity index (χ0) is 23.4. The third kappa shape index (κ3) is 4.81. The Balaban J connectivity index is 0.000000181. The molecule has 2 fully saturated rings. The predicted octanol–water partition coefficient (Wildman–Crippen LogP) is 3.81. The molecule has 0 unspecified atom stereocenters. The van der Waals surface area contributed by atoms with Gasteiger partial charge in [0.05, 0.1) is 38.3 Å². The Bertz CT molecular complexity index is 679. The summed E-state index contributed by atoms with van der Waals surface area (Å²) in [7, 11) is 2.81. The Hall–Kier alpha value is -1.66. The van der Waals surface area contributed by atoms with Crippen molar-refractivity contribution in [3.05, 3.63) is 23.3 Å². The summed E-state index contributed by atoms with van der Waals surface area (Å²) in [6, 6.07) is 0. The number of hydrogen-bond acceptors (Lipinski definition) is 6. The third-order valence-electron chi connectivity index (χ3n) is 8.14. The number of allylic oxidation sites excluding steroid dienone is 2. The highest BCUT2D eigenvalue weighted by Crippen LogP contribution is 2.46. The highest BCUT2D eigenvalue weighted by Gasteiger charge is 2.46. The molecule has 2 N–H and O–H groups in total. The van der Waals surface area contributed by atoms with Crippen molar-refractivity contribution < 1.29 is 29.3 Å². The van der Waals surface area contributed by atoms with Crippen molar-refractivity contribution in [2.75, 3.05) is 14.2 Å². The van der Waals surface area contributed by atoms with Gasteiger partial charge in [-0.25, -0.2) is 0 Å². The van der Waals surface area contributed by atoms with Crippen molar-refractivity contribution in [3.8, 4) is 0 Å². The van der Waals surface area contributed by atoms with E-state index >= 15 is 0 Å². The van der Waals surface area contributed by atoms with Crippen LogP contribution in [0.1, 0.15) is 65.2 Å². The monoisotopic (exact) mass is 448 g/mol. The lowest BCUT2D eigenvalue weighted by Gasteiger charge is -2.35. The Morgan fingerprint density at radius 3 is 1.50 bits per heavy atom. The van der Waals surface area contributed by atoms with Gasteiger partial charge in [0.2, 0.25) is 0 Å². The molecule has 0 spiro atoms. The number of carbonyl (C=O) groups is 2. The summed E-state index contributed by atoms with van der Waals surface area (Å²) in [5, 5.41) is 20.5. The molecule has 0 heterocycles. The van der Waals surface area contributed by atoms with Crippen molar-refractivity contribution >= 4 is 11.9 Å². The van der Waals surface area contributed by atoms with E-state index < -0.39 is 12.2 Å². The zero-order valence-corrected chi connectivity index (χ0v) is 20.0. The van der Waals surface area contributed by atoms with E-state index in [0.717, 1.165) is 51.4 Å². The fourth-order valence-electron chi connectivity index (χ4n) is 6.38. The molecule has 0 aromatic rings. The summed E-state index contributed by atoms with van der Waals surface area (Å²) in [6.45, 7) is 4.10. The van der Waals surface area contributed by atoms with E-state index in [1.54, 1.807) is 0 Å². The molecule has 2 saturated carbocycles. The Kier molecular flexibility index (Phi) is 8.56. The molecule has 6 nitrogen and oxygen atoms in total. The van der Waals surface area contributed by atoms with Crippen LogP contribution in [-0.2, 0) is 19.1 Å². The van der Waals surface area contributed by atoms with Gasteiger partial charge in [0.25, 0.3) is 0 Å². The average Bonchev–Trinajstić information content (AvgIpc) is 3.46. The van der Waals surface area contributed by atoms with Crippen LogP contribution in [0.3, 0.4) is 0 Å². The van der Waals surface area contributed by atoms with Crippen LogP contribution in [-0.4, -0.2) is 48.6 Å². The van der Waals surface area contributed by atoms with Crippen LogP contribution < -0.4 is 0 Å². The summed E-state index contributed by atoms with van der Waals surface area (Å²) in [4.78, 5) is 23.5. The van der Waals surface area contributed by atoms with E-state index in [9.17, 15) is 19.8 Å². The van der Waals surface area contributed by atoms with E-state index in [4.69, 9.17) is 9.47 Å². The molecule has 180 valence electrons. The van der Waals surface area contributed by atoms with Gasteiger partial charge in [0.1, 0.15) is 0 Å². The van der Waals surface area contributed by atoms with Crippen molar-refractivity contribution in [2.45, 2.75) is 77.4 Å². The molecule has 0 bridgehead atoms. The van der Waals surface area contributed by atoms with Gasteiger partial charge in [-0.3, -0.25) is 9.59 Å². The van der Waals surface area contributed by atoms with E-state index in [2.05, 4.69) is 26.0 Å². The van der Waals surface area contributed by atoms with Gasteiger partial charge < -0.3 is 19.7 Å². The van der Waals surface area contributed by atoms with Gasteiger partial charge in [0.15, 0.2) is 0 Å². The van der Waals surface area contributed by atoms with E-state index in [1.807, 2.05) is 0 Å². The minimum absolute atomic E-state index is 0.119. The number of esters is 2. The first-order chi connectivity index (χ1) is 15.4. The van der Waals surface area contributed by atoms with Gasteiger partial charge in [0, 0.05) is 11.8 Å². The summed E-state index contributed by atoms with van der Waals surface area (Å²) < 4.78 is 9.67. The van der Waals surface area contributed by atoms with Crippen LogP contribution in [0.5, 0.6) is 0 Å². The van der Waals surface area contributed by atoms with Gasteiger partial charge in [-0.05, 0) is 63.2 Å². The molecular weight excluding hydrogens is 408 g/mol. The molecule has 0 saturated heterocycles. The number of aliphatic hydroxyl groups is 2. The first-order valence-corrected chi connectivity index (χ1v) is 12.3. The summed E-state index contributed by atoms with van der Waals surface area (Å²) in [5.74, 6) is -0.473. The number of rotatable bonds is 4. The molecule has 0 radical (unpaired) electrons. The molecule has 8 atom stereocenters. The first kappa shape index (κ1) is 25.0. The summed E-state index contributed by atoms with van der Waals surface area (Å²) >= 11 is 0. The van der Waals surface area contributed by atoms with Crippen LogP contribution in [0, 0.1) is 35.5 Å². The lowest BCUT2D eigenvalue weighted by Crippen LogP contribution is -2.42. The molecular formula is C26H40O6. The van der Waals surface area contributed by atoms with E-state index in [0.29, 0.717) is 0 Å². The van der Waals surface area contributed by atoms with Crippen LogP contribution in [0.25, 0.3) is 0 Å². The smallest absolute Gasteiger partial charge is 0.311 e. The second-order valence-corrected chi connectivity index (χ2v) is 9.70.